The van der Waals surface area contributed by atoms with Crippen LogP contribution in [0.2, 0.25) is 0 Å². The molecule has 2 aromatic rings. The summed E-state index contributed by atoms with van der Waals surface area (Å²) >= 11 is 0. The van der Waals surface area contributed by atoms with Crippen LogP contribution in [0.5, 0.6) is 17.4 Å². The number of halogens is 1. The first-order chi connectivity index (χ1) is 13.2. The number of aromatic nitrogens is 1. The van der Waals surface area contributed by atoms with Gasteiger partial charge in [0.25, 0.3) is 0 Å². The highest BCUT2D eigenvalue weighted by Gasteiger charge is 2.09. The third kappa shape index (κ3) is 7.79. The highest BCUT2D eigenvalue weighted by molar-refractivity contribution is 14.0. The van der Waals surface area contributed by atoms with Crippen LogP contribution in [0.15, 0.2) is 47.5 Å². The highest BCUT2D eigenvalue weighted by Crippen LogP contribution is 2.26. The number of methoxy groups -OCH3 is 2. The lowest BCUT2D eigenvalue weighted by Crippen LogP contribution is -2.41. The van der Waals surface area contributed by atoms with Gasteiger partial charge in [0.2, 0.25) is 5.88 Å². The predicted octanol–water partition coefficient (Wildman–Crippen LogP) is 3.24. The van der Waals surface area contributed by atoms with Crippen molar-refractivity contribution in [2.75, 3.05) is 27.3 Å². The Kier molecular flexibility index (Phi) is 11.1. The average Bonchev–Trinajstić information content (AvgIpc) is 2.70. The lowest BCUT2D eigenvalue weighted by Gasteiger charge is -2.19. The molecule has 0 radical (unpaired) electrons. The second-order valence-electron chi connectivity index (χ2n) is 5.83. The quantitative estimate of drug-likeness (QED) is 0.313. The Bertz CT molecular complexity index is 743. The molecule has 2 rings (SSSR count). The van der Waals surface area contributed by atoms with Crippen molar-refractivity contribution in [2.45, 2.75) is 26.5 Å². The van der Waals surface area contributed by atoms with E-state index in [2.05, 4.69) is 20.6 Å². The van der Waals surface area contributed by atoms with Crippen molar-refractivity contribution in [1.29, 1.82) is 0 Å². The molecule has 1 aromatic carbocycles. The maximum absolute atomic E-state index is 5.96. The summed E-state index contributed by atoms with van der Waals surface area (Å²) in [5.41, 5.74) is 0.838. The number of para-hydroxylation sites is 2. The number of benzene rings is 1. The topological polar surface area (TPSA) is 77.0 Å². The molecule has 28 heavy (non-hydrogen) atoms. The summed E-state index contributed by atoms with van der Waals surface area (Å²) < 4.78 is 16.4. The summed E-state index contributed by atoms with van der Waals surface area (Å²) in [6.45, 7) is 5.82. The summed E-state index contributed by atoms with van der Waals surface area (Å²) in [7, 11) is 3.23. The van der Waals surface area contributed by atoms with Gasteiger partial charge in [0.1, 0.15) is 6.10 Å². The SMILES string of the molecule is CCNC(=NCc1cccc(OC)n1)NCC(C)Oc1ccccc1OC.I. The summed E-state index contributed by atoms with van der Waals surface area (Å²) in [6.07, 6.45) is -0.0694. The van der Waals surface area contributed by atoms with E-state index in [9.17, 15) is 0 Å². The van der Waals surface area contributed by atoms with Gasteiger partial charge in [-0.15, -0.1) is 24.0 Å². The van der Waals surface area contributed by atoms with Crippen molar-refractivity contribution in [3.05, 3.63) is 48.2 Å². The number of ether oxygens (including phenoxy) is 3. The Hall–Kier alpha value is -2.23. The van der Waals surface area contributed by atoms with Gasteiger partial charge in [0.15, 0.2) is 17.5 Å². The molecular formula is C20H29IN4O3. The second kappa shape index (κ2) is 13.0. The molecule has 154 valence electrons. The van der Waals surface area contributed by atoms with E-state index in [-0.39, 0.29) is 30.1 Å². The van der Waals surface area contributed by atoms with Crippen molar-refractivity contribution in [3.8, 4) is 17.4 Å². The minimum absolute atomic E-state index is 0. The predicted molar refractivity (Wildman–Crippen MR) is 122 cm³/mol. The number of rotatable bonds is 9. The maximum atomic E-state index is 5.96. The molecule has 1 heterocycles. The molecule has 0 bridgehead atoms. The molecule has 0 amide bonds. The van der Waals surface area contributed by atoms with Crippen LogP contribution < -0.4 is 24.8 Å². The van der Waals surface area contributed by atoms with Gasteiger partial charge in [-0.25, -0.2) is 9.98 Å². The Morgan fingerprint density at radius 1 is 1.04 bits per heavy atom. The van der Waals surface area contributed by atoms with Crippen LogP contribution >= 0.6 is 24.0 Å². The summed E-state index contributed by atoms with van der Waals surface area (Å²) in [5, 5.41) is 6.51. The van der Waals surface area contributed by atoms with E-state index in [0.717, 1.165) is 18.0 Å². The molecule has 1 unspecified atom stereocenters. The van der Waals surface area contributed by atoms with Crippen molar-refractivity contribution < 1.29 is 14.2 Å². The molecule has 0 fully saturated rings. The van der Waals surface area contributed by atoms with Gasteiger partial charge in [-0.3, -0.25) is 0 Å². The molecule has 0 spiro atoms. The van der Waals surface area contributed by atoms with E-state index in [1.807, 2.05) is 56.3 Å². The Morgan fingerprint density at radius 2 is 1.79 bits per heavy atom. The zero-order valence-corrected chi connectivity index (χ0v) is 19.1. The number of pyridine rings is 1. The van der Waals surface area contributed by atoms with E-state index < -0.39 is 0 Å². The van der Waals surface area contributed by atoms with E-state index in [0.29, 0.717) is 30.7 Å². The van der Waals surface area contributed by atoms with Crippen LogP contribution in [0.1, 0.15) is 19.5 Å². The molecule has 1 aromatic heterocycles. The van der Waals surface area contributed by atoms with E-state index in [1.165, 1.54) is 0 Å². The van der Waals surface area contributed by atoms with Gasteiger partial charge in [-0.1, -0.05) is 18.2 Å². The van der Waals surface area contributed by atoms with Crippen molar-refractivity contribution in [3.63, 3.8) is 0 Å². The van der Waals surface area contributed by atoms with Crippen LogP contribution in [0, 0.1) is 0 Å². The molecule has 1 atom stereocenters. The summed E-state index contributed by atoms with van der Waals surface area (Å²) in [6, 6.07) is 13.2. The number of hydrogen-bond donors (Lipinski definition) is 2. The van der Waals surface area contributed by atoms with Crippen molar-refractivity contribution >= 4 is 29.9 Å². The first kappa shape index (κ1) is 23.8. The minimum Gasteiger partial charge on any atom is -0.493 e. The third-order valence-corrected chi connectivity index (χ3v) is 3.69. The van der Waals surface area contributed by atoms with E-state index >= 15 is 0 Å². The van der Waals surface area contributed by atoms with Crippen LogP contribution in [-0.4, -0.2) is 44.4 Å². The highest BCUT2D eigenvalue weighted by atomic mass is 127. The standard InChI is InChI=1S/C20H28N4O3.HI/c1-5-21-20(23-14-16-9-8-12-19(24-16)26-4)22-13-15(2)27-18-11-7-6-10-17(18)25-3;/h6-12,15H,5,13-14H2,1-4H3,(H2,21,22,23);1H. The monoisotopic (exact) mass is 500 g/mol. The lowest BCUT2D eigenvalue weighted by atomic mass is 10.3. The number of nitrogens with one attached hydrogen (secondary N) is 2. The average molecular weight is 500 g/mol. The van der Waals surface area contributed by atoms with Crippen LogP contribution in [0.3, 0.4) is 0 Å². The fourth-order valence-electron chi connectivity index (χ4n) is 2.38. The molecule has 0 aliphatic rings. The molecule has 0 saturated carbocycles. The Morgan fingerprint density at radius 3 is 2.46 bits per heavy atom. The number of guanidine groups is 1. The molecule has 0 saturated heterocycles. The fraction of sp³-hybridized carbons (Fsp3) is 0.400. The first-order valence-corrected chi connectivity index (χ1v) is 8.98. The normalized spacial score (nSPS) is 11.8. The zero-order valence-electron chi connectivity index (χ0n) is 16.8. The fourth-order valence-corrected chi connectivity index (χ4v) is 2.38. The number of nitrogens with zero attached hydrogens (tertiary/aromatic N) is 2. The lowest BCUT2D eigenvalue weighted by molar-refractivity contribution is 0.213. The van der Waals surface area contributed by atoms with Crippen LogP contribution in [-0.2, 0) is 6.54 Å². The van der Waals surface area contributed by atoms with Crippen LogP contribution in [0.4, 0.5) is 0 Å². The largest absolute Gasteiger partial charge is 0.493 e. The first-order valence-electron chi connectivity index (χ1n) is 8.98. The van der Waals surface area contributed by atoms with Gasteiger partial charge in [0.05, 0.1) is 33.0 Å². The molecule has 0 aliphatic heterocycles. The molecule has 7 nitrogen and oxygen atoms in total. The summed E-state index contributed by atoms with van der Waals surface area (Å²) in [4.78, 5) is 8.94. The number of hydrogen-bond acceptors (Lipinski definition) is 5. The number of aliphatic imine (C=N–C) groups is 1. The van der Waals surface area contributed by atoms with Crippen molar-refractivity contribution in [2.24, 2.45) is 4.99 Å². The molecule has 2 N–H and O–H groups in total. The third-order valence-electron chi connectivity index (χ3n) is 3.69. The van der Waals surface area contributed by atoms with Gasteiger partial charge in [-0.05, 0) is 32.0 Å². The van der Waals surface area contributed by atoms with E-state index in [4.69, 9.17) is 14.2 Å². The van der Waals surface area contributed by atoms with Crippen LogP contribution in [0.25, 0.3) is 0 Å². The molecule has 8 heteroatoms. The summed E-state index contributed by atoms with van der Waals surface area (Å²) in [5.74, 6) is 2.72. The smallest absolute Gasteiger partial charge is 0.213 e. The van der Waals surface area contributed by atoms with E-state index in [1.54, 1.807) is 14.2 Å². The minimum atomic E-state index is -0.0694. The van der Waals surface area contributed by atoms with Gasteiger partial charge in [-0.2, -0.15) is 0 Å². The Balaban J connectivity index is 0.00000392. The van der Waals surface area contributed by atoms with Gasteiger partial charge >= 0.3 is 0 Å². The molecular weight excluding hydrogens is 471 g/mol. The maximum Gasteiger partial charge on any atom is 0.213 e. The van der Waals surface area contributed by atoms with Gasteiger partial charge in [0, 0.05) is 12.6 Å². The zero-order chi connectivity index (χ0) is 19.5. The second-order valence-corrected chi connectivity index (χ2v) is 5.83. The Labute approximate surface area is 183 Å². The molecule has 0 aliphatic carbocycles. The van der Waals surface area contributed by atoms with Gasteiger partial charge < -0.3 is 24.8 Å². The van der Waals surface area contributed by atoms with Crippen molar-refractivity contribution in [1.82, 2.24) is 15.6 Å².